The molecule has 0 radical (unpaired) electrons. The molecule has 0 spiro atoms. The molecule has 0 aromatic heterocycles. The standard InChI is InChI=1S/C7H9O3P.2ClH/c1-6-2-4-7(5-3-6)11(8,9)10;;/h2-5H,1H3,(H2,8,9,10);2*1H. The van der Waals surface area contributed by atoms with E-state index in [1.54, 1.807) is 12.1 Å². The van der Waals surface area contributed by atoms with E-state index < -0.39 is 7.60 Å². The average molecular weight is 245 g/mol. The summed E-state index contributed by atoms with van der Waals surface area (Å²) in [5.41, 5.74) is 0.988. The van der Waals surface area contributed by atoms with E-state index in [-0.39, 0.29) is 30.1 Å². The molecule has 0 atom stereocenters. The Kier molecular flexibility index (Phi) is 6.68. The Morgan fingerprint density at radius 1 is 1.08 bits per heavy atom. The molecule has 0 aliphatic carbocycles. The molecule has 6 heteroatoms. The first-order valence-electron chi connectivity index (χ1n) is 3.13. The van der Waals surface area contributed by atoms with Crippen LogP contribution in [0.5, 0.6) is 0 Å². The predicted octanol–water partition coefficient (Wildman–Crippen LogP) is 1.64. The molecule has 0 saturated carbocycles. The summed E-state index contributed by atoms with van der Waals surface area (Å²) in [4.78, 5) is 17.4. The molecule has 0 unspecified atom stereocenters. The van der Waals surface area contributed by atoms with Crippen molar-refractivity contribution in [2.24, 2.45) is 0 Å². The molecular weight excluding hydrogens is 234 g/mol. The van der Waals surface area contributed by atoms with Gasteiger partial charge in [0.25, 0.3) is 0 Å². The number of rotatable bonds is 1. The van der Waals surface area contributed by atoms with E-state index in [1.807, 2.05) is 6.92 Å². The van der Waals surface area contributed by atoms with Gasteiger partial charge in [-0.15, -0.1) is 24.8 Å². The van der Waals surface area contributed by atoms with Crippen LogP contribution >= 0.6 is 32.4 Å². The SMILES string of the molecule is Cc1ccc(P(=O)(O)O)cc1.Cl.Cl. The molecule has 0 aliphatic heterocycles. The molecule has 1 aromatic carbocycles. The van der Waals surface area contributed by atoms with Crippen molar-refractivity contribution in [1.82, 2.24) is 0 Å². The lowest BCUT2D eigenvalue weighted by Gasteiger charge is -2.02. The maximum atomic E-state index is 10.6. The molecular formula is C7H11Cl2O3P. The quantitative estimate of drug-likeness (QED) is 0.739. The maximum Gasteiger partial charge on any atom is 0.356 e. The molecule has 0 heterocycles. The summed E-state index contributed by atoms with van der Waals surface area (Å²) in [7, 11) is -4.04. The first-order valence-corrected chi connectivity index (χ1v) is 4.74. The Balaban J connectivity index is 0. The zero-order valence-electron chi connectivity index (χ0n) is 6.88. The van der Waals surface area contributed by atoms with Gasteiger partial charge in [-0.05, 0) is 19.1 Å². The van der Waals surface area contributed by atoms with Gasteiger partial charge in [-0.1, -0.05) is 17.7 Å². The highest BCUT2D eigenvalue weighted by molar-refractivity contribution is 7.60. The Hall–Kier alpha value is -0.0500. The Bertz CT molecular complexity index is 293. The molecule has 1 aromatic rings. The fourth-order valence-electron chi connectivity index (χ4n) is 0.739. The molecule has 2 N–H and O–H groups in total. The molecule has 13 heavy (non-hydrogen) atoms. The van der Waals surface area contributed by atoms with Gasteiger partial charge in [0.1, 0.15) is 0 Å². The van der Waals surface area contributed by atoms with Gasteiger partial charge in [-0.3, -0.25) is 4.57 Å². The zero-order valence-corrected chi connectivity index (χ0v) is 9.40. The minimum atomic E-state index is -4.04. The largest absolute Gasteiger partial charge is 0.356 e. The van der Waals surface area contributed by atoms with Crippen LogP contribution in [0.2, 0.25) is 0 Å². The number of benzene rings is 1. The van der Waals surface area contributed by atoms with E-state index in [0.29, 0.717) is 0 Å². The predicted molar refractivity (Wildman–Crippen MR) is 57.4 cm³/mol. The second-order valence-electron chi connectivity index (χ2n) is 2.38. The molecule has 76 valence electrons. The van der Waals surface area contributed by atoms with Crippen molar-refractivity contribution in [3.8, 4) is 0 Å². The minimum absolute atomic E-state index is 0. The van der Waals surface area contributed by atoms with Crippen molar-refractivity contribution in [2.75, 3.05) is 0 Å². The third-order valence-corrected chi connectivity index (χ3v) is 2.34. The number of aryl methyl sites for hydroxylation is 1. The van der Waals surface area contributed by atoms with Crippen LogP contribution in [0, 0.1) is 6.92 Å². The van der Waals surface area contributed by atoms with E-state index in [0.717, 1.165) is 5.56 Å². The number of halogens is 2. The van der Waals surface area contributed by atoms with Gasteiger partial charge >= 0.3 is 7.60 Å². The molecule has 0 amide bonds. The van der Waals surface area contributed by atoms with Crippen molar-refractivity contribution < 1.29 is 14.4 Å². The highest BCUT2D eigenvalue weighted by Crippen LogP contribution is 2.32. The van der Waals surface area contributed by atoms with E-state index in [4.69, 9.17) is 9.79 Å². The molecule has 3 nitrogen and oxygen atoms in total. The first-order chi connectivity index (χ1) is 5.00. The van der Waals surface area contributed by atoms with Gasteiger partial charge in [0.2, 0.25) is 0 Å². The summed E-state index contributed by atoms with van der Waals surface area (Å²) >= 11 is 0. The van der Waals surface area contributed by atoms with Gasteiger partial charge < -0.3 is 9.79 Å². The third kappa shape index (κ3) is 4.65. The van der Waals surface area contributed by atoms with Crippen molar-refractivity contribution in [1.29, 1.82) is 0 Å². The molecule has 0 fully saturated rings. The number of hydrogen-bond donors (Lipinski definition) is 2. The van der Waals surface area contributed by atoms with Gasteiger partial charge in [-0.25, -0.2) is 0 Å². The van der Waals surface area contributed by atoms with Crippen LogP contribution in [0.3, 0.4) is 0 Å². The summed E-state index contributed by atoms with van der Waals surface area (Å²) in [6.07, 6.45) is 0. The molecule has 0 bridgehead atoms. The maximum absolute atomic E-state index is 10.6. The van der Waals surface area contributed by atoms with Gasteiger partial charge in [-0.2, -0.15) is 0 Å². The van der Waals surface area contributed by atoms with Crippen LogP contribution < -0.4 is 5.30 Å². The van der Waals surface area contributed by atoms with Crippen molar-refractivity contribution in [2.45, 2.75) is 6.92 Å². The lowest BCUT2D eigenvalue weighted by atomic mass is 10.2. The Labute approximate surface area is 89.2 Å². The van der Waals surface area contributed by atoms with Crippen LogP contribution in [0.1, 0.15) is 5.56 Å². The van der Waals surface area contributed by atoms with Crippen LogP contribution in [-0.2, 0) is 4.57 Å². The lowest BCUT2D eigenvalue weighted by Crippen LogP contribution is -2.02. The molecule has 0 saturated heterocycles. The molecule has 1 rings (SSSR count). The fraction of sp³-hybridized carbons (Fsp3) is 0.143. The van der Waals surface area contributed by atoms with E-state index in [1.165, 1.54) is 12.1 Å². The topological polar surface area (TPSA) is 57.5 Å². The van der Waals surface area contributed by atoms with Gasteiger partial charge in [0.05, 0.1) is 5.30 Å². The van der Waals surface area contributed by atoms with E-state index >= 15 is 0 Å². The third-order valence-electron chi connectivity index (χ3n) is 1.37. The molecule has 0 aliphatic rings. The monoisotopic (exact) mass is 244 g/mol. The summed E-state index contributed by atoms with van der Waals surface area (Å²) in [6.45, 7) is 1.86. The summed E-state index contributed by atoms with van der Waals surface area (Å²) in [5.74, 6) is 0. The minimum Gasteiger partial charge on any atom is -0.321 e. The van der Waals surface area contributed by atoms with Gasteiger partial charge in [0, 0.05) is 0 Å². The Morgan fingerprint density at radius 3 is 1.77 bits per heavy atom. The smallest absolute Gasteiger partial charge is 0.321 e. The van der Waals surface area contributed by atoms with Crippen molar-refractivity contribution >= 4 is 37.7 Å². The highest BCUT2D eigenvalue weighted by Gasteiger charge is 2.15. The van der Waals surface area contributed by atoms with Crippen molar-refractivity contribution in [3.05, 3.63) is 29.8 Å². The second-order valence-corrected chi connectivity index (χ2v) is 3.98. The summed E-state index contributed by atoms with van der Waals surface area (Å²) in [6, 6.07) is 6.23. The summed E-state index contributed by atoms with van der Waals surface area (Å²) in [5, 5.41) is 0.0723. The normalized spacial score (nSPS) is 9.77. The van der Waals surface area contributed by atoms with E-state index in [9.17, 15) is 4.57 Å². The fourth-order valence-corrected chi connectivity index (χ4v) is 1.28. The summed E-state index contributed by atoms with van der Waals surface area (Å²) < 4.78 is 10.6. The van der Waals surface area contributed by atoms with Crippen LogP contribution in [0.25, 0.3) is 0 Å². The van der Waals surface area contributed by atoms with Crippen molar-refractivity contribution in [3.63, 3.8) is 0 Å². The van der Waals surface area contributed by atoms with Crippen LogP contribution in [0.4, 0.5) is 0 Å². The van der Waals surface area contributed by atoms with Crippen LogP contribution in [0.15, 0.2) is 24.3 Å². The van der Waals surface area contributed by atoms with Crippen LogP contribution in [-0.4, -0.2) is 9.79 Å². The van der Waals surface area contributed by atoms with Gasteiger partial charge in [0.15, 0.2) is 0 Å². The lowest BCUT2D eigenvalue weighted by molar-refractivity contribution is 0.387. The first kappa shape index (κ1) is 15.4. The Morgan fingerprint density at radius 2 is 1.46 bits per heavy atom. The van der Waals surface area contributed by atoms with E-state index in [2.05, 4.69) is 0 Å². The second kappa shape index (κ2) is 5.63. The number of hydrogen-bond acceptors (Lipinski definition) is 1. The zero-order chi connectivity index (χ0) is 8.48. The average Bonchev–Trinajstić information content (AvgIpc) is 1.86. The highest BCUT2D eigenvalue weighted by atomic mass is 35.5.